The van der Waals surface area contributed by atoms with E-state index in [4.69, 9.17) is 9.47 Å². The molecule has 0 heterocycles. The molecule has 0 saturated heterocycles. The van der Waals surface area contributed by atoms with Crippen LogP contribution in [0.3, 0.4) is 0 Å². The summed E-state index contributed by atoms with van der Waals surface area (Å²) in [7, 11) is 1.36. The maximum Gasteiger partial charge on any atom is 0.309 e. The zero-order valence-electron chi connectivity index (χ0n) is 23.0. The lowest BCUT2D eigenvalue weighted by atomic mass is 9.52. The van der Waals surface area contributed by atoms with E-state index in [-0.39, 0.29) is 58.8 Å². The van der Waals surface area contributed by atoms with Gasteiger partial charge in [-0.05, 0) is 82.6 Å². The molecule has 2 bridgehead atoms. The van der Waals surface area contributed by atoms with Gasteiger partial charge in [-0.25, -0.2) is 8.78 Å². The average molecular weight is 561 g/mol. The maximum atomic E-state index is 15.0. The highest BCUT2D eigenvalue weighted by Crippen LogP contribution is 2.56. The minimum Gasteiger partial charge on any atom is -0.496 e. The summed E-state index contributed by atoms with van der Waals surface area (Å²) >= 11 is 0. The van der Waals surface area contributed by atoms with E-state index in [2.05, 4.69) is 10.6 Å². The number of amides is 2. The van der Waals surface area contributed by atoms with E-state index < -0.39 is 34.8 Å². The van der Waals surface area contributed by atoms with E-state index >= 15 is 0 Å². The molecule has 218 valence electrons. The third-order valence-electron chi connectivity index (χ3n) is 10.8. The second-order valence-electron chi connectivity index (χ2n) is 13.0. The standard InChI is InChI=1S/C30H38F2N2O6/c1-29(28(37)38)8-5-17(6-9-29)40-23-12-18(22(39-2)13-20(23)31)26(35)33-25-16-4-3-15(11-16)24(25)27(36)34-30-10-7-19(30)21(32)14-30/h12-13,15-17,19,21,24-25H,3-11,14H2,1-2H3,(H,33,35)(H,34,36)(H,37,38)/t15-,16+,17?,19?,21?,24+,25-,29?,30?/m1/s1. The third kappa shape index (κ3) is 4.42. The first-order chi connectivity index (χ1) is 19.0. The summed E-state index contributed by atoms with van der Waals surface area (Å²) in [4.78, 5) is 38.6. The van der Waals surface area contributed by atoms with Crippen molar-refractivity contribution in [3.63, 3.8) is 0 Å². The summed E-state index contributed by atoms with van der Waals surface area (Å²) in [6.45, 7) is 1.71. The van der Waals surface area contributed by atoms with Gasteiger partial charge in [0.05, 0.1) is 30.1 Å². The Labute approximate surface area is 232 Å². The third-order valence-corrected chi connectivity index (χ3v) is 10.8. The number of carbonyl (C=O) groups is 3. The van der Waals surface area contributed by atoms with Crippen molar-refractivity contribution in [2.75, 3.05) is 7.11 Å². The molecule has 40 heavy (non-hydrogen) atoms. The Morgan fingerprint density at radius 2 is 1.75 bits per heavy atom. The van der Waals surface area contributed by atoms with Crippen LogP contribution in [-0.4, -0.2) is 53.9 Å². The predicted octanol–water partition coefficient (Wildman–Crippen LogP) is 4.40. The second-order valence-corrected chi connectivity index (χ2v) is 13.0. The molecule has 0 aromatic heterocycles. The molecule has 3 N–H and O–H groups in total. The number of carbonyl (C=O) groups excluding carboxylic acids is 2. The van der Waals surface area contributed by atoms with Crippen LogP contribution in [0.25, 0.3) is 0 Å². The fraction of sp³-hybridized carbons (Fsp3) is 0.700. The predicted molar refractivity (Wildman–Crippen MR) is 140 cm³/mol. The van der Waals surface area contributed by atoms with E-state index in [0.29, 0.717) is 32.1 Å². The molecule has 7 atom stereocenters. The maximum absolute atomic E-state index is 15.0. The number of fused-ring (bicyclic) bond motifs is 3. The smallest absolute Gasteiger partial charge is 0.309 e. The van der Waals surface area contributed by atoms with Gasteiger partial charge in [0.15, 0.2) is 11.6 Å². The first-order valence-electron chi connectivity index (χ1n) is 14.6. The molecule has 1 aromatic carbocycles. The number of nitrogens with one attached hydrogen (secondary N) is 2. The fourth-order valence-electron chi connectivity index (χ4n) is 8.12. The van der Waals surface area contributed by atoms with Gasteiger partial charge in [-0.1, -0.05) is 0 Å². The van der Waals surface area contributed by atoms with Gasteiger partial charge >= 0.3 is 5.97 Å². The summed E-state index contributed by atoms with van der Waals surface area (Å²) in [5.41, 5.74) is -1.12. The van der Waals surface area contributed by atoms with Crippen LogP contribution in [0, 0.1) is 34.9 Å². The van der Waals surface area contributed by atoms with Crippen LogP contribution in [0.15, 0.2) is 12.1 Å². The number of ether oxygens (including phenoxy) is 2. The minimum atomic E-state index is -0.848. The van der Waals surface area contributed by atoms with Crippen molar-refractivity contribution in [2.24, 2.45) is 29.1 Å². The van der Waals surface area contributed by atoms with Crippen molar-refractivity contribution in [3.05, 3.63) is 23.5 Å². The molecular weight excluding hydrogens is 522 g/mol. The minimum absolute atomic E-state index is 0.0632. The second kappa shape index (κ2) is 9.87. The molecule has 1 aromatic rings. The monoisotopic (exact) mass is 560 g/mol. The lowest BCUT2D eigenvalue weighted by molar-refractivity contribution is -0.150. The summed E-state index contributed by atoms with van der Waals surface area (Å²) in [5.74, 6) is -2.24. The first kappa shape index (κ1) is 27.3. The van der Waals surface area contributed by atoms with E-state index in [1.165, 1.54) is 13.2 Å². The number of hydrogen-bond acceptors (Lipinski definition) is 5. The number of alkyl halides is 1. The molecule has 5 saturated carbocycles. The highest BCUT2D eigenvalue weighted by Gasteiger charge is 2.62. The van der Waals surface area contributed by atoms with Crippen molar-refractivity contribution in [1.82, 2.24) is 10.6 Å². The number of rotatable bonds is 8. The molecule has 6 rings (SSSR count). The Balaban J connectivity index is 1.16. The first-order valence-corrected chi connectivity index (χ1v) is 14.6. The fourth-order valence-corrected chi connectivity index (χ4v) is 8.12. The van der Waals surface area contributed by atoms with Crippen molar-refractivity contribution < 1.29 is 37.7 Å². The molecule has 0 aliphatic heterocycles. The van der Waals surface area contributed by atoms with Crippen LogP contribution in [0.1, 0.15) is 81.5 Å². The van der Waals surface area contributed by atoms with Crippen molar-refractivity contribution in [2.45, 2.75) is 95.0 Å². The van der Waals surface area contributed by atoms with E-state index in [9.17, 15) is 28.3 Å². The molecular formula is C30H38F2N2O6. The largest absolute Gasteiger partial charge is 0.496 e. The Morgan fingerprint density at radius 3 is 2.35 bits per heavy atom. The number of carboxylic acids is 1. The molecule has 5 fully saturated rings. The highest BCUT2D eigenvalue weighted by atomic mass is 19.1. The Morgan fingerprint density at radius 1 is 1.02 bits per heavy atom. The number of hydrogen-bond donors (Lipinski definition) is 3. The summed E-state index contributed by atoms with van der Waals surface area (Å²) in [5, 5.41) is 15.7. The topological polar surface area (TPSA) is 114 Å². The van der Waals surface area contributed by atoms with Crippen LogP contribution in [-0.2, 0) is 9.59 Å². The molecule has 10 heteroatoms. The quantitative estimate of drug-likeness (QED) is 0.435. The number of methoxy groups -OCH3 is 1. The van der Waals surface area contributed by atoms with Gasteiger partial charge in [-0.3, -0.25) is 14.4 Å². The SMILES string of the molecule is COc1cc(F)c(OC2CCC(C)(C(=O)O)CC2)cc1C(=O)N[C@@H]1[C@H]2CC[C@H](C2)[C@@H]1C(=O)NC12CCC1C(F)C2. The molecule has 3 unspecified atom stereocenters. The van der Waals surface area contributed by atoms with Crippen LogP contribution in [0.5, 0.6) is 11.5 Å². The molecule has 0 spiro atoms. The Kier molecular flexibility index (Phi) is 6.73. The van der Waals surface area contributed by atoms with Crippen molar-refractivity contribution in [1.29, 1.82) is 0 Å². The highest BCUT2D eigenvalue weighted by molar-refractivity contribution is 5.98. The van der Waals surface area contributed by atoms with E-state index in [0.717, 1.165) is 38.2 Å². The molecule has 5 aliphatic carbocycles. The van der Waals surface area contributed by atoms with Gasteiger partial charge in [0.1, 0.15) is 11.9 Å². The summed E-state index contributed by atoms with van der Waals surface area (Å²) in [6.07, 6.45) is 5.22. The molecule has 8 nitrogen and oxygen atoms in total. The van der Waals surface area contributed by atoms with Crippen molar-refractivity contribution in [3.8, 4) is 11.5 Å². The van der Waals surface area contributed by atoms with Crippen LogP contribution >= 0.6 is 0 Å². The van der Waals surface area contributed by atoms with Gasteiger partial charge in [0.2, 0.25) is 5.91 Å². The summed E-state index contributed by atoms with van der Waals surface area (Å²) in [6, 6.07) is 2.10. The Bertz CT molecular complexity index is 1220. The van der Waals surface area contributed by atoms with Crippen LogP contribution < -0.4 is 20.1 Å². The zero-order valence-corrected chi connectivity index (χ0v) is 23.0. The Hall–Kier alpha value is -2.91. The van der Waals surface area contributed by atoms with Gasteiger partial charge < -0.3 is 25.2 Å². The average Bonchev–Trinajstić information content (AvgIpc) is 3.52. The van der Waals surface area contributed by atoms with E-state index in [1.807, 2.05) is 0 Å². The van der Waals surface area contributed by atoms with Crippen molar-refractivity contribution >= 4 is 17.8 Å². The molecule has 2 amide bonds. The normalized spacial score (nSPS) is 39.4. The zero-order chi connectivity index (χ0) is 28.4. The van der Waals surface area contributed by atoms with Gasteiger partial charge in [0, 0.05) is 30.0 Å². The number of aliphatic carboxylic acids is 1. The molecule has 5 aliphatic rings. The van der Waals surface area contributed by atoms with Gasteiger partial charge in [-0.2, -0.15) is 0 Å². The van der Waals surface area contributed by atoms with Gasteiger partial charge in [0.25, 0.3) is 5.91 Å². The molecule has 0 radical (unpaired) electrons. The van der Waals surface area contributed by atoms with Crippen LogP contribution in [0.4, 0.5) is 8.78 Å². The number of halogens is 2. The number of benzene rings is 1. The van der Waals surface area contributed by atoms with Crippen LogP contribution in [0.2, 0.25) is 0 Å². The van der Waals surface area contributed by atoms with Gasteiger partial charge in [-0.15, -0.1) is 0 Å². The number of carboxylic acid groups (broad SMARTS) is 1. The lowest BCUT2D eigenvalue weighted by Gasteiger charge is -2.60. The lowest BCUT2D eigenvalue weighted by Crippen LogP contribution is -2.72. The van der Waals surface area contributed by atoms with E-state index in [1.54, 1.807) is 6.92 Å². The summed E-state index contributed by atoms with van der Waals surface area (Å²) < 4.78 is 40.2.